The maximum absolute atomic E-state index is 13.8. The Morgan fingerprint density at radius 2 is 1.66 bits per heavy atom. The van der Waals surface area contributed by atoms with E-state index < -0.39 is 23.1 Å². The molecule has 32 heavy (non-hydrogen) atoms. The van der Waals surface area contributed by atoms with Gasteiger partial charge in [0.25, 0.3) is 5.56 Å². The fourth-order valence-electron chi connectivity index (χ4n) is 3.43. The second-order valence-electron chi connectivity index (χ2n) is 6.77. The molecule has 2 aromatic carbocycles. The van der Waals surface area contributed by atoms with E-state index >= 15 is 0 Å². The Balaban J connectivity index is 2.04. The van der Waals surface area contributed by atoms with Gasteiger partial charge in [-0.15, -0.1) is 11.3 Å². The Kier molecular flexibility index (Phi) is 5.87. The highest BCUT2D eigenvalue weighted by Gasteiger charge is 2.32. The first kappa shape index (κ1) is 22.2. The normalized spacial score (nSPS) is 16.0. The summed E-state index contributed by atoms with van der Waals surface area (Å²) in [5, 5.41) is 19.7. The van der Waals surface area contributed by atoms with Gasteiger partial charge in [-0.25, -0.2) is 8.78 Å². The number of aromatic nitrogens is 1. The third-order valence-corrected chi connectivity index (χ3v) is 7.23. The summed E-state index contributed by atoms with van der Waals surface area (Å²) >= 11 is 7.27. The lowest BCUT2D eigenvalue weighted by Crippen LogP contribution is -2.38. The number of hydrogen-bond donors (Lipinski definition) is 1. The minimum Gasteiger partial charge on any atom is -0.384 e. The molecule has 2 N–H and O–H groups in total. The van der Waals surface area contributed by atoms with Crippen LogP contribution in [0.3, 0.4) is 0 Å². The number of allylic oxidation sites excluding steroid dienone is 1. The van der Waals surface area contributed by atoms with Crippen LogP contribution in [0, 0.1) is 34.3 Å². The molecule has 0 saturated heterocycles. The Morgan fingerprint density at radius 3 is 2.25 bits per heavy atom. The highest BCUT2D eigenvalue weighted by molar-refractivity contribution is 9.10. The van der Waals surface area contributed by atoms with Crippen LogP contribution < -0.4 is 20.5 Å². The van der Waals surface area contributed by atoms with Crippen molar-refractivity contribution in [3.05, 3.63) is 93.2 Å². The molecule has 5 nitrogen and oxygen atoms in total. The molecule has 0 aliphatic carbocycles. The first-order chi connectivity index (χ1) is 15.3. The van der Waals surface area contributed by atoms with Crippen LogP contribution in [0.1, 0.15) is 17.0 Å². The van der Waals surface area contributed by atoms with Crippen molar-refractivity contribution in [3.63, 3.8) is 0 Å². The summed E-state index contributed by atoms with van der Waals surface area (Å²) < 4.78 is 29.4. The molecule has 0 radical (unpaired) electrons. The fourth-order valence-corrected chi connectivity index (χ4v) is 5.35. The van der Waals surface area contributed by atoms with Gasteiger partial charge in [0.2, 0.25) is 0 Å². The molecule has 0 fully saturated rings. The molecule has 1 aliphatic rings. The van der Waals surface area contributed by atoms with Crippen LogP contribution in [0.4, 0.5) is 8.78 Å². The Labute approximate surface area is 200 Å². The van der Waals surface area contributed by atoms with E-state index in [-0.39, 0.29) is 35.1 Å². The predicted octanol–water partition coefficient (Wildman–Crippen LogP) is 3.66. The van der Waals surface area contributed by atoms with Crippen LogP contribution in [-0.2, 0) is 0 Å². The number of thiazole rings is 1. The van der Waals surface area contributed by atoms with Crippen molar-refractivity contribution < 1.29 is 8.78 Å². The lowest BCUT2D eigenvalue weighted by atomic mass is 9.84. The third kappa shape index (κ3) is 3.61. The van der Waals surface area contributed by atoms with Gasteiger partial charge >= 0.3 is 0 Å². The summed E-state index contributed by atoms with van der Waals surface area (Å²) in [7, 11) is 0. The number of nitrogens with two attached hydrogens (primary N) is 1. The van der Waals surface area contributed by atoms with Crippen LogP contribution in [0.25, 0.3) is 17.5 Å². The average Bonchev–Trinajstić information content (AvgIpc) is 3.08. The van der Waals surface area contributed by atoms with Crippen LogP contribution in [0.15, 0.2) is 55.7 Å². The van der Waals surface area contributed by atoms with Crippen molar-refractivity contribution in [3.8, 4) is 12.1 Å². The summed E-state index contributed by atoms with van der Waals surface area (Å²) in [6.07, 6.45) is 1.56. The molecular weight excluding hydrogens is 566 g/mol. The number of halogens is 4. The van der Waals surface area contributed by atoms with Crippen molar-refractivity contribution in [2.75, 3.05) is 0 Å². The third-order valence-electron chi connectivity index (χ3n) is 4.91. The Hall–Kier alpha value is -3.05. The number of hydrogen-bond acceptors (Lipinski definition) is 5. The predicted molar refractivity (Wildman–Crippen MR) is 124 cm³/mol. The van der Waals surface area contributed by atoms with E-state index in [2.05, 4.69) is 37.9 Å². The standard InChI is InChI=1S/C22H10Br2F2N4OS/c23-14-5-10(1-3-16(14)25)6-18-21(31)30-20(29)12(8-27)19(13(9-28)22(30)32-18)11-2-4-17(26)15(24)7-11/h1-7,19H,29H2. The smallest absolute Gasteiger partial charge is 0.274 e. The first-order valence-electron chi connectivity index (χ1n) is 8.94. The molecule has 158 valence electrons. The van der Waals surface area contributed by atoms with E-state index in [1.165, 1.54) is 36.4 Å². The highest BCUT2D eigenvalue weighted by atomic mass is 79.9. The minimum atomic E-state index is -0.854. The van der Waals surface area contributed by atoms with Gasteiger partial charge in [0.05, 0.1) is 42.7 Å². The summed E-state index contributed by atoms with van der Waals surface area (Å²) in [6.45, 7) is 0. The number of nitriles is 2. The van der Waals surface area contributed by atoms with Crippen molar-refractivity contribution in [2.45, 2.75) is 5.92 Å². The monoisotopic (exact) mass is 574 g/mol. The molecule has 10 heteroatoms. The molecule has 3 aromatic rings. The number of fused-ring (bicyclic) bond motifs is 1. The van der Waals surface area contributed by atoms with Crippen LogP contribution in [0.5, 0.6) is 0 Å². The van der Waals surface area contributed by atoms with Gasteiger partial charge < -0.3 is 5.73 Å². The molecule has 0 amide bonds. The maximum atomic E-state index is 13.8. The molecule has 1 atom stereocenters. The molecule has 1 aromatic heterocycles. The molecule has 4 rings (SSSR count). The van der Waals surface area contributed by atoms with E-state index in [1.807, 2.05) is 6.07 Å². The second kappa shape index (κ2) is 8.47. The lowest BCUT2D eigenvalue weighted by Gasteiger charge is -2.22. The molecule has 0 spiro atoms. The van der Waals surface area contributed by atoms with E-state index in [1.54, 1.807) is 6.08 Å². The van der Waals surface area contributed by atoms with Crippen molar-refractivity contribution in [2.24, 2.45) is 5.73 Å². The van der Waals surface area contributed by atoms with Gasteiger partial charge in [-0.2, -0.15) is 10.5 Å². The van der Waals surface area contributed by atoms with Crippen LogP contribution in [0.2, 0.25) is 0 Å². The largest absolute Gasteiger partial charge is 0.384 e. The van der Waals surface area contributed by atoms with Crippen LogP contribution >= 0.6 is 43.2 Å². The van der Waals surface area contributed by atoms with E-state index in [0.717, 1.165) is 15.9 Å². The SMILES string of the molecule is N#CC1=C(N)n2c(sc(=Cc3ccc(F)c(Br)c3)c2=O)=C(C#N)C1c1ccc(F)c(Br)c1. The summed E-state index contributed by atoms with van der Waals surface area (Å²) in [4.78, 5) is 13.1. The van der Waals surface area contributed by atoms with Gasteiger partial charge in [-0.1, -0.05) is 12.1 Å². The quantitative estimate of drug-likeness (QED) is 0.504. The van der Waals surface area contributed by atoms with Crippen molar-refractivity contribution in [1.29, 1.82) is 10.5 Å². The molecule has 1 aliphatic heterocycles. The summed E-state index contributed by atoms with van der Waals surface area (Å²) in [6, 6.07) is 12.6. The van der Waals surface area contributed by atoms with E-state index in [0.29, 0.717) is 11.1 Å². The topological polar surface area (TPSA) is 95.6 Å². The lowest BCUT2D eigenvalue weighted by molar-refractivity contribution is 0.620. The minimum absolute atomic E-state index is 0.0172. The molecule has 0 saturated carbocycles. The molecular formula is C22H10Br2F2N4OS. The van der Waals surface area contributed by atoms with E-state index in [9.17, 15) is 24.1 Å². The Bertz CT molecular complexity index is 1590. The maximum Gasteiger partial charge on any atom is 0.274 e. The number of nitrogens with zero attached hydrogens (tertiary/aromatic N) is 3. The van der Waals surface area contributed by atoms with Gasteiger partial charge in [0, 0.05) is 0 Å². The van der Waals surface area contributed by atoms with Gasteiger partial charge in [0.1, 0.15) is 22.1 Å². The van der Waals surface area contributed by atoms with Gasteiger partial charge in [0.15, 0.2) is 0 Å². The van der Waals surface area contributed by atoms with Crippen LogP contribution in [-0.4, -0.2) is 4.57 Å². The summed E-state index contributed by atoms with van der Waals surface area (Å²) in [5.74, 6) is -1.88. The Morgan fingerprint density at radius 1 is 1.03 bits per heavy atom. The average molecular weight is 576 g/mol. The summed E-state index contributed by atoms with van der Waals surface area (Å²) in [5.41, 5.74) is 6.93. The van der Waals surface area contributed by atoms with Gasteiger partial charge in [-0.05, 0) is 73.3 Å². The fraction of sp³-hybridized carbons (Fsp3) is 0.0455. The zero-order chi connectivity index (χ0) is 23.2. The number of benzene rings is 2. The van der Waals surface area contributed by atoms with Crippen molar-refractivity contribution in [1.82, 2.24) is 4.57 Å². The first-order valence-corrected chi connectivity index (χ1v) is 11.3. The highest BCUT2D eigenvalue weighted by Crippen LogP contribution is 2.36. The van der Waals surface area contributed by atoms with Gasteiger partial charge in [-0.3, -0.25) is 9.36 Å². The second-order valence-corrected chi connectivity index (χ2v) is 9.51. The zero-order valence-electron chi connectivity index (χ0n) is 15.9. The number of rotatable bonds is 2. The van der Waals surface area contributed by atoms with E-state index in [4.69, 9.17) is 5.73 Å². The van der Waals surface area contributed by atoms with Crippen molar-refractivity contribution >= 4 is 60.7 Å². The molecule has 2 heterocycles. The molecule has 0 bridgehead atoms. The zero-order valence-corrected chi connectivity index (χ0v) is 19.9. The molecule has 1 unspecified atom stereocenters.